The number of hydrogen-bond donors (Lipinski definition) is 1. The van der Waals surface area contributed by atoms with E-state index >= 15 is 0 Å². The molecule has 0 bridgehead atoms. The fraction of sp³-hybridized carbons (Fsp3) is 0.400. The summed E-state index contributed by atoms with van der Waals surface area (Å²) in [6, 6.07) is 5.76. The van der Waals surface area contributed by atoms with Crippen LogP contribution in [0, 0.1) is 5.92 Å². The van der Waals surface area contributed by atoms with E-state index in [0.717, 1.165) is 24.3 Å². The van der Waals surface area contributed by atoms with Gasteiger partial charge in [0.25, 0.3) is 0 Å². The standard InChI is InChI=1S/C15H17F3N2O4S/c1-10(2)6-11-7-13(24-20-11)9-19-25(21,22)14-5-3-4-12(8-14)23-15(16,17)18/h3-5,7-8,10,19H,6,9H2,1-2H3. The van der Waals surface area contributed by atoms with Gasteiger partial charge in [-0.2, -0.15) is 0 Å². The van der Waals surface area contributed by atoms with Gasteiger partial charge in [0, 0.05) is 12.1 Å². The second kappa shape index (κ2) is 7.44. The minimum Gasteiger partial charge on any atom is -0.406 e. The van der Waals surface area contributed by atoms with Gasteiger partial charge in [-0.05, 0) is 24.5 Å². The molecule has 0 aliphatic carbocycles. The van der Waals surface area contributed by atoms with Crippen LogP contribution in [0.1, 0.15) is 25.3 Å². The van der Waals surface area contributed by atoms with Crippen LogP contribution in [0.3, 0.4) is 0 Å². The first-order chi connectivity index (χ1) is 11.5. The molecule has 0 amide bonds. The molecule has 25 heavy (non-hydrogen) atoms. The van der Waals surface area contributed by atoms with Crippen LogP contribution in [-0.4, -0.2) is 19.9 Å². The number of sulfonamides is 1. The maximum Gasteiger partial charge on any atom is 0.573 e. The van der Waals surface area contributed by atoms with Crippen LogP contribution in [-0.2, 0) is 23.0 Å². The molecular weight excluding hydrogens is 361 g/mol. The molecule has 1 N–H and O–H groups in total. The number of alkyl halides is 3. The lowest BCUT2D eigenvalue weighted by molar-refractivity contribution is -0.274. The van der Waals surface area contributed by atoms with E-state index in [0.29, 0.717) is 23.8 Å². The van der Waals surface area contributed by atoms with Crippen molar-refractivity contribution >= 4 is 10.0 Å². The zero-order chi connectivity index (χ0) is 18.7. The lowest BCUT2D eigenvalue weighted by Gasteiger charge is -2.10. The van der Waals surface area contributed by atoms with E-state index in [4.69, 9.17) is 4.52 Å². The van der Waals surface area contributed by atoms with Crippen molar-refractivity contribution in [1.29, 1.82) is 0 Å². The number of aromatic nitrogens is 1. The molecule has 0 radical (unpaired) electrons. The molecule has 0 aliphatic rings. The lowest BCUT2D eigenvalue weighted by atomic mass is 10.1. The van der Waals surface area contributed by atoms with Gasteiger partial charge >= 0.3 is 6.36 Å². The van der Waals surface area contributed by atoms with Crippen LogP contribution in [0.5, 0.6) is 5.75 Å². The van der Waals surface area contributed by atoms with Gasteiger partial charge in [0.2, 0.25) is 10.0 Å². The van der Waals surface area contributed by atoms with Crippen molar-refractivity contribution in [3.05, 3.63) is 41.8 Å². The Morgan fingerprint density at radius 1 is 1.28 bits per heavy atom. The Labute approximate surface area is 143 Å². The van der Waals surface area contributed by atoms with Gasteiger partial charge in [-0.3, -0.25) is 0 Å². The average molecular weight is 378 g/mol. The Morgan fingerprint density at radius 2 is 2.00 bits per heavy atom. The van der Waals surface area contributed by atoms with E-state index in [9.17, 15) is 21.6 Å². The van der Waals surface area contributed by atoms with Crippen molar-refractivity contribution in [2.75, 3.05) is 0 Å². The molecule has 0 saturated heterocycles. The van der Waals surface area contributed by atoms with Crippen LogP contribution in [0.2, 0.25) is 0 Å². The Hall–Kier alpha value is -2.07. The van der Waals surface area contributed by atoms with Crippen molar-refractivity contribution in [1.82, 2.24) is 9.88 Å². The molecule has 2 rings (SSSR count). The Bertz CT molecular complexity index is 816. The monoisotopic (exact) mass is 378 g/mol. The summed E-state index contributed by atoms with van der Waals surface area (Å²) in [4.78, 5) is -0.351. The summed E-state index contributed by atoms with van der Waals surface area (Å²) in [5.74, 6) is 0.0576. The number of nitrogens with zero attached hydrogens (tertiary/aromatic N) is 1. The van der Waals surface area contributed by atoms with Crippen LogP contribution in [0.25, 0.3) is 0 Å². The van der Waals surface area contributed by atoms with E-state index in [2.05, 4.69) is 14.6 Å². The summed E-state index contributed by atoms with van der Waals surface area (Å²) in [7, 11) is -4.04. The zero-order valence-electron chi connectivity index (χ0n) is 13.5. The summed E-state index contributed by atoms with van der Waals surface area (Å²) < 4.78 is 72.1. The van der Waals surface area contributed by atoms with Gasteiger partial charge in [0.15, 0.2) is 5.76 Å². The quantitative estimate of drug-likeness (QED) is 0.800. The highest BCUT2D eigenvalue weighted by Gasteiger charge is 2.31. The average Bonchev–Trinajstić information content (AvgIpc) is 2.90. The zero-order valence-corrected chi connectivity index (χ0v) is 14.3. The third-order valence-electron chi connectivity index (χ3n) is 3.01. The summed E-state index contributed by atoms with van der Waals surface area (Å²) in [6.45, 7) is 3.85. The first-order valence-corrected chi connectivity index (χ1v) is 8.83. The predicted molar refractivity (Wildman–Crippen MR) is 82.2 cm³/mol. The van der Waals surface area contributed by atoms with E-state index in [1.807, 2.05) is 13.8 Å². The largest absolute Gasteiger partial charge is 0.573 e. The Kier molecular flexibility index (Phi) is 5.73. The molecule has 1 heterocycles. The molecule has 0 atom stereocenters. The second-order valence-corrected chi connectivity index (χ2v) is 7.50. The number of rotatable bonds is 7. The molecule has 0 saturated carbocycles. The van der Waals surface area contributed by atoms with E-state index in [1.54, 1.807) is 6.07 Å². The van der Waals surface area contributed by atoms with Gasteiger partial charge in [-0.1, -0.05) is 25.1 Å². The molecule has 0 unspecified atom stereocenters. The summed E-state index contributed by atoms with van der Waals surface area (Å²) in [5.41, 5.74) is 0.699. The first-order valence-electron chi connectivity index (χ1n) is 7.35. The second-order valence-electron chi connectivity index (χ2n) is 5.73. The van der Waals surface area contributed by atoms with Gasteiger partial charge in [0.05, 0.1) is 17.1 Å². The molecule has 138 valence electrons. The maximum absolute atomic E-state index is 12.2. The highest BCUT2D eigenvalue weighted by Crippen LogP contribution is 2.25. The normalized spacial score (nSPS) is 12.6. The lowest BCUT2D eigenvalue weighted by Crippen LogP contribution is -2.23. The SMILES string of the molecule is CC(C)Cc1cc(CNS(=O)(=O)c2cccc(OC(F)(F)F)c2)on1. The summed E-state index contributed by atoms with van der Waals surface area (Å²) >= 11 is 0. The van der Waals surface area contributed by atoms with E-state index in [-0.39, 0.29) is 11.4 Å². The number of benzene rings is 1. The van der Waals surface area contributed by atoms with Gasteiger partial charge in [-0.25, -0.2) is 13.1 Å². The molecular formula is C15H17F3N2O4S. The molecule has 1 aromatic heterocycles. The summed E-state index contributed by atoms with van der Waals surface area (Å²) in [6.07, 6.45) is -4.21. The van der Waals surface area contributed by atoms with Gasteiger partial charge in [0.1, 0.15) is 5.75 Å². The van der Waals surface area contributed by atoms with Crippen molar-refractivity contribution in [3.8, 4) is 5.75 Å². The number of nitrogens with one attached hydrogen (secondary N) is 1. The third kappa shape index (κ3) is 6.05. The molecule has 2 aromatic rings. The fourth-order valence-corrected chi connectivity index (χ4v) is 3.07. The van der Waals surface area contributed by atoms with E-state index < -0.39 is 22.1 Å². The van der Waals surface area contributed by atoms with Crippen molar-refractivity contribution < 1.29 is 30.8 Å². The van der Waals surface area contributed by atoms with Crippen LogP contribution < -0.4 is 9.46 Å². The molecule has 6 nitrogen and oxygen atoms in total. The van der Waals surface area contributed by atoms with Crippen LogP contribution in [0.4, 0.5) is 13.2 Å². The Morgan fingerprint density at radius 3 is 2.64 bits per heavy atom. The molecule has 0 fully saturated rings. The predicted octanol–water partition coefficient (Wildman–Crippen LogP) is 3.25. The molecule has 1 aromatic carbocycles. The number of halogens is 3. The first kappa shape index (κ1) is 19.3. The highest BCUT2D eigenvalue weighted by atomic mass is 32.2. The minimum atomic E-state index is -4.90. The van der Waals surface area contributed by atoms with Gasteiger partial charge in [-0.15, -0.1) is 13.2 Å². The Balaban J connectivity index is 2.06. The third-order valence-corrected chi connectivity index (χ3v) is 4.41. The van der Waals surface area contributed by atoms with Gasteiger partial charge < -0.3 is 9.26 Å². The van der Waals surface area contributed by atoms with Crippen LogP contribution >= 0.6 is 0 Å². The molecule has 0 aliphatic heterocycles. The number of hydrogen-bond acceptors (Lipinski definition) is 5. The maximum atomic E-state index is 12.2. The summed E-state index contributed by atoms with van der Waals surface area (Å²) in [5, 5.41) is 3.83. The number of ether oxygens (including phenoxy) is 1. The van der Waals surface area contributed by atoms with Crippen molar-refractivity contribution in [3.63, 3.8) is 0 Å². The minimum absolute atomic E-state index is 0.169. The molecule has 10 heteroatoms. The topological polar surface area (TPSA) is 81.4 Å². The highest BCUT2D eigenvalue weighted by molar-refractivity contribution is 7.89. The molecule has 0 spiro atoms. The van der Waals surface area contributed by atoms with Crippen molar-refractivity contribution in [2.24, 2.45) is 5.92 Å². The smallest absolute Gasteiger partial charge is 0.406 e. The fourth-order valence-electron chi connectivity index (χ4n) is 2.04. The van der Waals surface area contributed by atoms with Crippen molar-refractivity contribution in [2.45, 2.75) is 38.1 Å². The van der Waals surface area contributed by atoms with Crippen LogP contribution in [0.15, 0.2) is 39.8 Å². The van der Waals surface area contributed by atoms with E-state index in [1.165, 1.54) is 0 Å².